The Morgan fingerprint density at radius 3 is 2.54 bits per heavy atom. The molecule has 1 heterocycles. The van der Waals surface area contributed by atoms with E-state index in [1.807, 2.05) is 24.0 Å². The molecule has 1 aliphatic rings. The van der Waals surface area contributed by atoms with E-state index in [1.54, 1.807) is 6.07 Å². The first-order valence-corrected chi connectivity index (χ1v) is 10.3. The number of methoxy groups -OCH3 is 1. The summed E-state index contributed by atoms with van der Waals surface area (Å²) >= 11 is 0. The molecule has 0 radical (unpaired) electrons. The number of nitrogens with zero attached hydrogens (tertiary/aromatic N) is 1. The third kappa shape index (κ3) is 6.73. The van der Waals surface area contributed by atoms with E-state index in [2.05, 4.69) is 6.92 Å². The summed E-state index contributed by atoms with van der Waals surface area (Å²) in [6.45, 7) is 6.69. The van der Waals surface area contributed by atoms with Crippen LogP contribution in [-0.2, 0) is 9.47 Å². The summed E-state index contributed by atoms with van der Waals surface area (Å²) in [6.07, 6.45) is 5.91. The molecule has 1 fully saturated rings. The van der Waals surface area contributed by atoms with Crippen LogP contribution >= 0.6 is 0 Å². The molecule has 6 heteroatoms. The van der Waals surface area contributed by atoms with Crippen molar-refractivity contribution in [3.05, 3.63) is 29.3 Å². The number of carbonyl (C=O) groups is 2. The van der Waals surface area contributed by atoms with Crippen LogP contribution in [0.25, 0.3) is 0 Å². The van der Waals surface area contributed by atoms with Gasteiger partial charge in [-0.1, -0.05) is 13.3 Å². The number of benzene rings is 1. The van der Waals surface area contributed by atoms with Crippen molar-refractivity contribution in [1.29, 1.82) is 0 Å². The molecule has 0 N–H and O–H groups in total. The van der Waals surface area contributed by atoms with Crippen LogP contribution in [0.3, 0.4) is 0 Å². The molecular weight excluding hydrogens is 358 g/mol. The molecule has 1 aromatic rings. The van der Waals surface area contributed by atoms with Crippen molar-refractivity contribution in [3.63, 3.8) is 0 Å². The van der Waals surface area contributed by atoms with Gasteiger partial charge in [0.2, 0.25) is 0 Å². The number of hydrogen-bond donors (Lipinski definition) is 0. The molecule has 0 unspecified atom stereocenters. The van der Waals surface area contributed by atoms with Gasteiger partial charge in [-0.3, -0.25) is 0 Å². The van der Waals surface area contributed by atoms with E-state index in [4.69, 9.17) is 14.2 Å². The van der Waals surface area contributed by atoms with E-state index >= 15 is 0 Å². The molecule has 1 aromatic carbocycles. The highest BCUT2D eigenvalue weighted by Gasteiger charge is 2.23. The van der Waals surface area contributed by atoms with E-state index in [0.717, 1.165) is 62.9 Å². The van der Waals surface area contributed by atoms with Gasteiger partial charge in [-0.25, -0.2) is 9.59 Å². The van der Waals surface area contributed by atoms with Crippen LogP contribution in [0.4, 0.5) is 4.79 Å². The predicted molar refractivity (Wildman–Crippen MR) is 108 cm³/mol. The van der Waals surface area contributed by atoms with Crippen molar-refractivity contribution in [2.24, 2.45) is 5.92 Å². The maximum atomic E-state index is 12.0. The molecular formula is C22H33NO5. The fraction of sp³-hybridized carbons (Fsp3) is 0.636. The Hall–Kier alpha value is -2.24. The lowest BCUT2D eigenvalue weighted by molar-refractivity contribution is 0.0599. The van der Waals surface area contributed by atoms with Gasteiger partial charge in [0.15, 0.2) is 0 Å². The Kier molecular flexibility index (Phi) is 9.11. The van der Waals surface area contributed by atoms with Crippen LogP contribution in [0.1, 0.15) is 61.4 Å². The van der Waals surface area contributed by atoms with Gasteiger partial charge < -0.3 is 19.1 Å². The first kappa shape index (κ1) is 22.1. The largest absolute Gasteiger partial charge is 0.494 e. The lowest BCUT2D eigenvalue weighted by atomic mass is 9.92. The monoisotopic (exact) mass is 391 g/mol. The highest BCUT2D eigenvalue weighted by Crippen LogP contribution is 2.23. The SMILES string of the molecule is CCCCOC(=O)N1CCC(CCCOc2ccc(C(=O)OC)c(C)c2)CC1. The summed E-state index contributed by atoms with van der Waals surface area (Å²) in [7, 11) is 1.38. The number of unbranched alkanes of at least 4 members (excludes halogenated alkanes) is 1. The average Bonchev–Trinajstić information content (AvgIpc) is 2.71. The van der Waals surface area contributed by atoms with Crippen molar-refractivity contribution in [3.8, 4) is 5.75 Å². The second-order valence-corrected chi connectivity index (χ2v) is 7.36. The summed E-state index contributed by atoms with van der Waals surface area (Å²) in [5.41, 5.74) is 1.41. The molecule has 156 valence electrons. The van der Waals surface area contributed by atoms with Gasteiger partial charge in [-0.05, 0) is 68.7 Å². The van der Waals surface area contributed by atoms with Gasteiger partial charge in [0.1, 0.15) is 5.75 Å². The van der Waals surface area contributed by atoms with Crippen molar-refractivity contribution >= 4 is 12.1 Å². The minimum absolute atomic E-state index is 0.166. The Balaban J connectivity index is 1.64. The molecule has 0 aliphatic carbocycles. The zero-order valence-electron chi connectivity index (χ0n) is 17.4. The molecule has 1 saturated heterocycles. The minimum Gasteiger partial charge on any atom is -0.494 e. The Labute approximate surface area is 168 Å². The maximum Gasteiger partial charge on any atom is 0.409 e. The van der Waals surface area contributed by atoms with Crippen molar-refractivity contribution < 1.29 is 23.8 Å². The van der Waals surface area contributed by atoms with Crippen molar-refractivity contribution in [2.45, 2.75) is 52.4 Å². The molecule has 0 saturated carbocycles. The molecule has 1 amide bonds. The molecule has 0 aromatic heterocycles. The highest BCUT2D eigenvalue weighted by atomic mass is 16.6. The predicted octanol–water partition coefficient (Wildman–Crippen LogP) is 4.59. The number of hydrogen-bond acceptors (Lipinski definition) is 5. The first-order chi connectivity index (χ1) is 13.5. The van der Waals surface area contributed by atoms with Gasteiger partial charge in [0.25, 0.3) is 0 Å². The smallest absolute Gasteiger partial charge is 0.409 e. The maximum absolute atomic E-state index is 12.0. The average molecular weight is 392 g/mol. The fourth-order valence-corrected chi connectivity index (χ4v) is 3.43. The Morgan fingerprint density at radius 2 is 1.89 bits per heavy atom. The van der Waals surface area contributed by atoms with Crippen LogP contribution in [-0.4, -0.2) is 50.4 Å². The van der Waals surface area contributed by atoms with Crippen LogP contribution in [0.15, 0.2) is 18.2 Å². The number of esters is 1. The van der Waals surface area contributed by atoms with Crippen LogP contribution in [0.2, 0.25) is 0 Å². The zero-order chi connectivity index (χ0) is 20.4. The van der Waals surface area contributed by atoms with E-state index < -0.39 is 0 Å². The van der Waals surface area contributed by atoms with Crippen LogP contribution in [0.5, 0.6) is 5.75 Å². The third-order valence-corrected chi connectivity index (χ3v) is 5.22. The highest BCUT2D eigenvalue weighted by molar-refractivity contribution is 5.91. The third-order valence-electron chi connectivity index (χ3n) is 5.22. The number of ether oxygens (including phenoxy) is 3. The number of carbonyl (C=O) groups excluding carboxylic acids is 2. The van der Waals surface area contributed by atoms with Crippen molar-refractivity contribution in [1.82, 2.24) is 4.90 Å². The zero-order valence-corrected chi connectivity index (χ0v) is 17.4. The summed E-state index contributed by atoms with van der Waals surface area (Å²) in [4.78, 5) is 25.4. The lowest BCUT2D eigenvalue weighted by Crippen LogP contribution is -2.39. The fourth-order valence-electron chi connectivity index (χ4n) is 3.43. The standard InChI is InChI=1S/C22H33NO5/c1-4-5-14-28-22(25)23-12-10-18(11-13-23)7-6-15-27-19-8-9-20(17(2)16-19)21(24)26-3/h8-9,16,18H,4-7,10-15H2,1-3H3. The van der Waals surface area contributed by atoms with E-state index in [1.165, 1.54) is 7.11 Å². The van der Waals surface area contributed by atoms with Crippen molar-refractivity contribution in [2.75, 3.05) is 33.4 Å². The van der Waals surface area contributed by atoms with Crippen LogP contribution < -0.4 is 4.74 Å². The minimum atomic E-state index is -0.329. The quantitative estimate of drug-likeness (QED) is 0.455. The molecule has 0 bridgehead atoms. The van der Waals surface area contributed by atoms with Gasteiger partial charge in [-0.15, -0.1) is 0 Å². The molecule has 1 aliphatic heterocycles. The number of likely N-dealkylation sites (tertiary alicyclic amines) is 1. The normalized spacial score (nSPS) is 14.6. The molecule has 6 nitrogen and oxygen atoms in total. The number of aryl methyl sites for hydroxylation is 1. The first-order valence-electron chi connectivity index (χ1n) is 10.3. The number of amides is 1. The second kappa shape index (κ2) is 11.6. The summed E-state index contributed by atoms with van der Waals surface area (Å²) in [5.74, 6) is 1.08. The Morgan fingerprint density at radius 1 is 1.14 bits per heavy atom. The van der Waals surface area contributed by atoms with E-state index in [-0.39, 0.29) is 12.1 Å². The van der Waals surface area contributed by atoms with Gasteiger partial charge in [0, 0.05) is 13.1 Å². The van der Waals surface area contributed by atoms with Gasteiger partial charge >= 0.3 is 12.1 Å². The van der Waals surface area contributed by atoms with E-state index in [0.29, 0.717) is 24.7 Å². The van der Waals surface area contributed by atoms with Gasteiger partial charge in [0.05, 0.1) is 25.9 Å². The summed E-state index contributed by atoms with van der Waals surface area (Å²) in [6, 6.07) is 5.42. The number of piperidine rings is 1. The number of rotatable bonds is 9. The summed E-state index contributed by atoms with van der Waals surface area (Å²) < 4.78 is 15.9. The molecule has 0 spiro atoms. The van der Waals surface area contributed by atoms with Crippen LogP contribution in [0, 0.1) is 12.8 Å². The Bertz CT molecular complexity index is 638. The summed E-state index contributed by atoms with van der Waals surface area (Å²) in [5, 5.41) is 0. The van der Waals surface area contributed by atoms with Gasteiger partial charge in [-0.2, -0.15) is 0 Å². The van der Waals surface area contributed by atoms with E-state index in [9.17, 15) is 9.59 Å². The molecule has 28 heavy (non-hydrogen) atoms. The second-order valence-electron chi connectivity index (χ2n) is 7.36. The lowest BCUT2D eigenvalue weighted by Gasteiger charge is -2.31. The molecule has 2 rings (SSSR count). The topological polar surface area (TPSA) is 65.1 Å². The molecule has 0 atom stereocenters.